The third-order valence-electron chi connectivity index (χ3n) is 4.48. The van der Waals surface area contributed by atoms with Crippen molar-refractivity contribution in [2.75, 3.05) is 13.6 Å². The summed E-state index contributed by atoms with van der Waals surface area (Å²) >= 11 is 0. The molecule has 0 spiro atoms. The molecule has 2 heterocycles. The Kier molecular flexibility index (Phi) is 10.7. The predicted octanol–water partition coefficient (Wildman–Crippen LogP) is 4.57. The number of halogens is 1. The van der Waals surface area contributed by atoms with E-state index in [0.29, 0.717) is 17.9 Å². The summed E-state index contributed by atoms with van der Waals surface area (Å²) in [6, 6.07) is 5.46. The third kappa shape index (κ3) is 7.90. The molecule has 2 aromatic rings. The van der Waals surface area contributed by atoms with Gasteiger partial charge in [0.15, 0.2) is 11.6 Å². The van der Waals surface area contributed by atoms with E-state index in [1.165, 1.54) is 6.42 Å². The van der Waals surface area contributed by atoms with E-state index in [4.69, 9.17) is 5.73 Å². The van der Waals surface area contributed by atoms with Crippen molar-refractivity contribution in [3.05, 3.63) is 53.0 Å². The van der Waals surface area contributed by atoms with Gasteiger partial charge in [0, 0.05) is 51.7 Å². The van der Waals surface area contributed by atoms with Gasteiger partial charge in [-0.2, -0.15) is 0 Å². The van der Waals surface area contributed by atoms with Crippen LogP contribution in [0.15, 0.2) is 30.6 Å². The van der Waals surface area contributed by atoms with Gasteiger partial charge in [-0.1, -0.05) is 38.0 Å². The normalized spacial score (nSPS) is 18.3. The van der Waals surface area contributed by atoms with Crippen LogP contribution in [0.4, 0.5) is 10.1 Å². The van der Waals surface area contributed by atoms with E-state index < -0.39 is 5.82 Å². The maximum absolute atomic E-state index is 12.6. The molecule has 2 N–H and O–H groups in total. The smallest absolute Gasteiger partial charge is 0.218 e. The van der Waals surface area contributed by atoms with Crippen molar-refractivity contribution in [2.45, 2.75) is 39.2 Å². The summed E-state index contributed by atoms with van der Waals surface area (Å²) < 4.78 is 12.6. The standard InChI is InChI=1S/C11H9FN3.C9H17N2O.Y/c1-7-2-3-9(13)4-10(7)11-14-5-8(12)6-15-11;1-7-3-4-11-8(5-7)6-9(12)10-2;/h2-6,13H,1H3;7-8H,3-6H2,1-2H3,(H,10,12);/q2*-1;/t;7-,8?;/m.0./s1. The Morgan fingerprint density at radius 1 is 1.36 bits per heavy atom. The average molecular weight is 460 g/mol. The number of benzene rings is 1. The number of nitrogens with zero attached hydrogens (tertiary/aromatic N) is 3. The third-order valence-corrected chi connectivity index (χ3v) is 4.48. The number of aryl methyl sites for hydroxylation is 1. The molecule has 28 heavy (non-hydrogen) atoms. The largest absolute Gasteiger partial charge is 0.699 e. The molecule has 0 aliphatic carbocycles. The van der Waals surface area contributed by atoms with Crippen LogP contribution in [0.2, 0.25) is 0 Å². The fourth-order valence-corrected chi connectivity index (χ4v) is 2.91. The number of carbonyl (C=O) groups excluding carboxylic acids is 1. The molecule has 1 aromatic carbocycles. The predicted molar refractivity (Wildman–Crippen MR) is 105 cm³/mol. The van der Waals surface area contributed by atoms with E-state index in [-0.39, 0.29) is 44.7 Å². The van der Waals surface area contributed by atoms with E-state index in [1.54, 1.807) is 19.2 Å². The summed E-state index contributed by atoms with van der Waals surface area (Å²) in [7, 11) is 1.68. The number of hydrogen-bond donors (Lipinski definition) is 1. The average Bonchev–Trinajstić information content (AvgIpc) is 2.65. The summed E-state index contributed by atoms with van der Waals surface area (Å²) in [4.78, 5) is 18.8. The molecule has 0 saturated carbocycles. The Balaban J connectivity index is 0.000000277. The first-order valence-electron chi connectivity index (χ1n) is 9.06. The van der Waals surface area contributed by atoms with Gasteiger partial charge < -0.3 is 16.4 Å². The molecule has 1 aromatic heterocycles. The fourth-order valence-electron chi connectivity index (χ4n) is 2.91. The van der Waals surface area contributed by atoms with Crippen molar-refractivity contribution in [3.8, 4) is 11.4 Å². The number of amides is 1. The fraction of sp³-hybridized carbons (Fsp3) is 0.450. The van der Waals surface area contributed by atoms with Crippen LogP contribution in [-0.4, -0.2) is 35.5 Å². The van der Waals surface area contributed by atoms with Crippen molar-refractivity contribution in [2.24, 2.45) is 5.92 Å². The Bertz CT molecular complexity index is 757. The molecule has 6 nitrogen and oxygen atoms in total. The minimum atomic E-state index is -0.460. The molecule has 1 fully saturated rings. The van der Waals surface area contributed by atoms with Gasteiger partial charge in [-0.05, 0) is 18.4 Å². The van der Waals surface area contributed by atoms with Crippen LogP contribution in [-0.2, 0) is 37.5 Å². The van der Waals surface area contributed by atoms with Crippen molar-refractivity contribution in [1.29, 1.82) is 0 Å². The maximum Gasteiger partial charge on any atom is 0.218 e. The number of rotatable bonds is 3. The molecule has 1 saturated heterocycles. The Morgan fingerprint density at radius 2 is 2.04 bits per heavy atom. The second kappa shape index (κ2) is 12.2. The van der Waals surface area contributed by atoms with Crippen LogP contribution in [0.5, 0.6) is 0 Å². The zero-order chi connectivity index (χ0) is 19.8. The number of nitrogens with one attached hydrogen (secondary N) is 2. The number of hydrogen-bond acceptors (Lipinski definition) is 3. The molecule has 1 aliphatic heterocycles. The molecule has 1 aliphatic rings. The molecular formula is C20H26FN5OY-2. The van der Waals surface area contributed by atoms with Gasteiger partial charge in [-0.25, -0.2) is 14.4 Å². The zero-order valence-corrected chi connectivity index (χ0v) is 19.4. The molecule has 2 atom stereocenters. The van der Waals surface area contributed by atoms with E-state index in [2.05, 4.69) is 27.5 Å². The number of carbonyl (C=O) groups is 1. The van der Waals surface area contributed by atoms with Gasteiger partial charge in [0.1, 0.15) is 0 Å². The molecule has 3 rings (SSSR count). The maximum atomic E-state index is 12.6. The number of aromatic nitrogens is 2. The minimum absolute atomic E-state index is 0. The van der Waals surface area contributed by atoms with Gasteiger partial charge in [0.25, 0.3) is 0 Å². The molecule has 1 amide bonds. The van der Waals surface area contributed by atoms with Crippen molar-refractivity contribution in [1.82, 2.24) is 15.3 Å². The van der Waals surface area contributed by atoms with Crippen molar-refractivity contribution < 1.29 is 41.9 Å². The quantitative estimate of drug-likeness (QED) is 0.728. The first kappa shape index (κ1) is 24.6. The van der Waals surface area contributed by atoms with Gasteiger partial charge in [-0.3, -0.25) is 4.79 Å². The summed E-state index contributed by atoms with van der Waals surface area (Å²) in [5.41, 5.74) is 9.62. The zero-order valence-electron chi connectivity index (χ0n) is 16.6. The molecule has 1 radical (unpaired) electrons. The Labute approximate surface area is 191 Å². The first-order chi connectivity index (χ1) is 12.9. The summed E-state index contributed by atoms with van der Waals surface area (Å²) in [5, 5.41) is 7.04. The van der Waals surface area contributed by atoms with E-state index in [1.807, 2.05) is 13.0 Å². The molecule has 1 unspecified atom stereocenters. The van der Waals surface area contributed by atoms with Crippen molar-refractivity contribution >= 4 is 11.6 Å². The molecule has 149 valence electrons. The van der Waals surface area contributed by atoms with Crippen LogP contribution in [0.1, 0.15) is 31.7 Å². The van der Waals surface area contributed by atoms with E-state index in [9.17, 15) is 9.18 Å². The SMILES string of the molecule is CNC(=O)CC1C[C@@H](C)CC[N-]1.Cc1ccc([NH-])cc1-c1ncc(F)cn1.[Y]. The molecule has 0 bridgehead atoms. The molecular weight excluding hydrogens is 434 g/mol. The second-order valence-electron chi connectivity index (χ2n) is 6.82. The summed E-state index contributed by atoms with van der Waals surface area (Å²) in [6.07, 6.45) is 5.08. The second-order valence-corrected chi connectivity index (χ2v) is 6.82. The van der Waals surface area contributed by atoms with Crippen LogP contribution < -0.4 is 5.32 Å². The summed E-state index contributed by atoms with van der Waals surface area (Å²) in [5.74, 6) is 0.830. The Morgan fingerprint density at radius 3 is 2.64 bits per heavy atom. The van der Waals surface area contributed by atoms with E-state index >= 15 is 0 Å². The first-order valence-corrected chi connectivity index (χ1v) is 9.06. The van der Waals surface area contributed by atoms with Crippen LogP contribution in [0, 0.1) is 18.7 Å². The molecule has 8 heteroatoms. The minimum Gasteiger partial charge on any atom is -0.699 e. The number of piperidine rings is 1. The van der Waals surface area contributed by atoms with E-state index in [0.717, 1.165) is 42.4 Å². The van der Waals surface area contributed by atoms with Crippen LogP contribution >= 0.6 is 0 Å². The van der Waals surface area contributed by atoms with Gasteiger partial charge >= 0.3 is 0 Å². The van der Waals surface area contributed by atoms with Crippen LogP contribution in [0.3, 0.4) is 0 Å². The van der Waals surface area contributed by atoms with Gasteiger partial charge in [0.2, 0.25) is 5.91 Å². The topological polar surface area (TPSA) is 92.8 Å². The van der Waals surface area contributed by atoms with Crippen molar-refractivity contribution in [3.63, 3.8) is 0 Å². The summed E-state index contributed by atoms with van der Waals surface area (Å²) in [6.45, 7) is 5.07. The van der Waals surface area contributed by atoms with Gasteiger partial charge in [0.05, 0.1) is 12.4 Å². The van der Waals surface area contributed by atoms with Gasteiger partial charge in [-0.15, -0.1) is 18.3 Å². The van der Waals surface area contributed by atoms with Crippen LogP contribution in [0.25, 0.3) is 22.4 Å². The Hall–Kier alpha value is -1.44. The monoisotopic (exact) mass is 460 g/mol.